The van der Waals surface area contributed by atoms with Gasteiger partial charge in [0.1, 0.15) is 18.1 Å². The van der Waals surface area contributed by atoms with Crippen molar-refractivity contribution >= 4 is 6.16 Å². The molecule has 0 aliphatic rings. The molecule has 0 N–H and O–H groups in total. The van der Waals surface area contributed by atoms with Gasteiger partial charge in [0.25, 0.3) is 0 Å². The summed E-state index contributed by atoms with van der Waals surface area (Å²) in [5.41, 5.74) is 0.843. The highest BCUT2D eigenvalue weighted by atomic mass is 16.7. The Bertz CT molecular complexity index is 593. The molecule has 116 valence electrons. The number of carbonyl (C=O) groups excluding carboxylic acids is 1. The Hall–Kier alpha value is -2.49. The second-order valence-electron chi connectivity index (χ2n) is 5.31. The highest BCUT2D eigenvalue weighted by Crippen LogP contribution is 2.22. The van der Waals surface area contributed by atoms with Crippen LogP contribution < -0.4 is 4.74 Å². The highest BCUT2D eigenvalue weighted by molar-refractivity contribution is 5.59. The van der Waals surface area contributed by atoms with Crippen LogP contribution in [0.1, 0.15) is 19.4 Å². The topological polar surface area (TPSA) is 44.8 Å². The summed E-state index contributed by atoms with van der Waals surface area (Å²) >= 11 is 0. The Morgan fingerprint density at radius 2 is 1.68 bits per heavy atom. The lowest BCUT2D eigenvalue weighted by Crippen LogP contribution is -2.11. The van der Waals surface area contributed by atoms with E-state index in [0.29, 0.717) is 12.4 Å². The average Bonchev–Trinajstić information content (AvgIpc) is 2.52. The number of rotatable bonds is 6. The van der Waals surface area contributed by atoms with Gasteiger partial charge in [0.2, 0.25) is 0 Å². The average molecular weight is 300 g/mol. The minimum atomic E-state index is -0.650. The van der Waals surface area contributed by atoms with Crippen LogP contribution in [0.5, 0.6) is 11.5 Å². The fraction of sp³-hybridized carbons (Fsp3) is 0.278. The maximum absolute atomic E-state index is 11.4. The molecule has 0 saturated heterocycles. The van der Waals surface area contributed by atoms with E-state index < -0.39 is 6.16 Å². The molecule has 0 aromatic heterocycles. The van der Waals surface area contributed by atoms with E-state index >= 15 is 0 Å². The number of hydrogen-bond acceptors (Lipinski definition) is 4. The number of carbonyl (C=O) groups is 1. The molecular formula is C18H20O4. The molecule has 2 aromatic rings. The summed E-state index contributed by atoms with van der Waals surface area (Å²) in [4.78, 5) is 11.4. The monoisotopic (exact) mass is 300 g/mol. The Morgan fingerprint density at radius 1 is 0.955 bits per heavy atom. The third-order valence-corrected chi connectivity index (χ3v) is 2.77. The van der Waals surface area contributed by atoms with Crippen molar-refractivity contribution in [1.29, 1.82) is 0 Å². The Morgan fingerprint density at radius 3 is 2.41 bits per heavy atom. The Balaban J connectivity index is 1.87. The summed E-state index contributed by atoms with van der Waals surface area (Å²) in [6, 6.07) is 16.9. The van der Waals surface area contributed by atoms with Gasteiger partial charge in [-0.25, -0.2) is 4.79 Å². The van der Waals surface area contributed by atoms with Crippen LogP contribution in [0.2, 0.25) is 0 Å². The van der Waals surface area contributed by atoms with Gasteiger partial charge < -0.3 is 14.2 Å². The van der Waals surface area contributed by atoms with E-state index in [1.165, 1.54) is 0 Å². The van der Waals surface area contributed by atoms with Crippen LogP contribution >= 0.6 is 0 Å². The van der Waals surface area contributed by atoms with E-state index in [1.54, 1.807) is 0 Å². The fourth-order valence-electron chi connectivity index (χ4n) is 1.74. The lowest BCUT2D eigenvalue weighted by atomic mass is 10.2. The van der Waals surface area contributed by atoms with Crippen molar-refractivity contribution in [2.24, 2.45) is 5.92 Å². The number of benzene rings is 2. The van der Waals surface area contributed by atoms with Crippen molar-refractivity contribution in [1.82, 2.24) is 0 Å². The smallest absolute Gasteiger partial charge is 0.457 e. The van der Waals surface area contributed by atoms with Gasteiger partial charge in [0.15, 0.2) is 0 Å². The quantitative estimate of drug-likeness (QED) is 0.720. The second kappa shape index (κ2) is 8.08. The normalized spacial score (nSPS) is 10.3. The molecule has 2 rings (SSSR count). The Kier molecular flexibility index (Phi) is 5.83. The summed E-state index contributed by atoms with van der Waals surface area (Å²) in [6.07, 6.45) is -0.650. The summed E-state index contributed by atoms with van der Waals surface area (Å²) in [5, 5.41) is 0. The molecule has 0 heterocycles. The van der Waals surface area contributed by atoms with Crippen molar-refractivity contribution in [2.45, 2.75) is 20.5 Å². The van der Waals surface area contributed by atoms with Crippen LogP contribution in [0, 0.1) is 5.92 Å². The molecule has 0 saturated carbocycles. The van der Waals surface area contributed by atoms with E-state index in [9.17, 15) is 4.79 Å². The lowest BCUT2D eigenvalue weighted by molar-refractivity contribution is 0.0424. The van der Waals surface area contributed by atoms with Gasteiger partial charge in [-0.05, 0) is 35.7 Å². The zero-order chi connectivity index (χ0) is 15.8. The third-order valence-electron chi connectivity index (χ3n) is 2.77. The summed E-state index contributed by atoms with van der Waals surface area (Å²) in [6.45, 7) is 4.45. The van der Waals surface area contributed by atoms with E-state index in [2.05, 4.69) is 0 Å². The summed E-state index contributed by atoms with van der Waals surface area (Å²) in [5.74, 6) is 1.75. The van der Waals surface area contributed by atoms with Crippen LogP contribution in [0.15, 0.2) is 54.6 Å². The van der Waals surface area contributed by atoms with Crippen molar-refractivity contribution in [2.75, 3.05) is 6.61 Å². The third kappa shape index (κ3) is 5.48. The first-order chi connectivity index (χ1) is 10.6. The molecule has 4 nitrogen and oxygen atoms in total. The molecule has 0 bridgehead atoms. The molecule has 0 aliphatic heterocycles. The van der Waals surface area contributed by atoms with Crippen LogP contribution in [0.25, 0.3) is 0 Å². The summed E-state index contributed by atoms with van der Waals surface area (Å²) in [7, 11) is 0. The maximum Gasteiger partial charge on any atom is 0.508 e. The first-order valence-corrected chi connectivity index (χ1v) is 7.25. The first-order valence-electron chi connectivity index (χ1n) is 7.25. The van der Waals surface area contributed by atoms with E-state index in [4.69, 9.17) is 14.2 Å². The van der Waals surface area contributed by atoms with Crippen LogP contribution in [0.3, 0.4) is 0 Å². The molecule has 0 fully saturated rings. The van der Waals surface area contributed by atoms with Gasteiger partial charge in [-0.15, -0.1) is 0 Å². The minimum Gasteiger partial charge on any atom is -0.457 e. The minimum absolute atomic E-state index is 0.156. The van der Waals surface area contributed by atoms with Gasteiger partial charge in [-0.1, -0.05) is 44.2 Å². The van der Waals surface area contributed by atoms with Crippen molar-refractivity contribution in [3.63, 3.8) is 0 Å². The van der Waals surface area contributed by atoms with Gasteiger partial charge in [0.05, 0.1) is 6.61 Å². The SMILES string of the molecule is CC(C)COC(=O)OCc1cccc(Oc2ccccc2)c1. The molecule has 22 heavy (non-hydrogen) atoms. The standard InChI is InChI=1S/C18H20O4/c1-14(2)12-20-18(19)21-13-15-7-6-10-17(11-15)22-16-8-4-3-5-9-16/h3-11,14H,12-13H2,1-2H3. The van der Waals surface area contributed by atoms with Gasteiger partial charge in [0, 0.05) is 0 Å². The number of para-hydroxylation sites is 1. The van der Waals surface area contributed by atoms with Crippen molar-refractivity contribution in [3.05, 3.63) is 60.2 Å². The predicted octanol–water partition coefficient (Wildman–Crippen LogP) is 4.79. The zero-order valence-corrected chi connectivity index (χ0v) is 12.8. The molecule has 0 radical (unpaired) electrons. The summed E-state index contributed by atoms with van der Waals surface area (Å²) < 4.78 is 15.8. The molecule has 2 aromatic carbocycles. The molecule has 0 aliphatic carbocycles. The Labute approximate surface area is 130 Å². The highest BCUT2D eigenvalue weighted by Gasteiger charge is 2.06. The van der Waals surface area contributed by atoms with Crippen LogP contribution in [-0.4, -0.2) is 12.8 Å². The predicted molar refractivity (Wildman–Crippen MR) is 83.9 cm³/mol. The zero-order valence-electron chi connectivity index (χ0n) is 12.8. The fourth-order valence-corrected chi connectivity index (χ4v) is 1.74. The molecule has 0 atom stereocenters. The van der Waals surface area contributed by atoms with E-state index in [-0.39, 0.29) is 12.5 Å². The first kappa shape index (κ1) is 15.9. The largest absolute Gasteiger partial charge is 0.508 e. The number of hydrogen-bond donors (Lipinski definition) is 0. The molecule has 0 unspecified atom stereocenters. The maximum atomic E-state index is 11.4. The molecule has 0 amide bonds. The van der Waals surface area contributed by atoms with Crippen LogP contribution in [-0.2, 0) is 16.1 Å². The van der Waals surface area contributed by atoms with Gasteiger partial charge >= 0.3 is 6.16 Å². The lowest BCUT2D eigenvalue weighted by Gasteiger charge is -2.09. The second-order valence-corrected chi connectivity index (χ2v) is 5.31. The van der Waals surface area contributed by atoms with Crippen molar-refractivity contribution in [3.8, 4) is 11.5 Å². The van der Waals surface area contributed by atoms with Crippen molar-refractivity contribution < 1.29 is 19.0 Å². The number of ether oxygens (including phenoxy) is 3. The van der Waals surface area contributed by atoms with Gasteiger partial charge in [-0.3, -0.25) is 0 Å². The van der Waals surface area contributed by atoms with Gasteiger partial charge in [-0.2, -0.15) is 0 Å². The molecule has 4 heteroatoms. The van der Waals surface area contributed by atoms with E-state index in [0.717, 1.165) is 11.3 Å². The van der Waals surface area contributed by atoms with Crippen LogP contribution in [0.4, 0.5) is 4.79 Å². The molecular weight excluding hydrogens is 280 g/mol. The molecule has 0 spiro atoms. The van der Waals surface area contributed by atoms with E-state index in [1.807, 2.05) is 68.4 Å².